The van der Waals surface area contributed by atoms with Crippen molar-refractivity contribution in [2.75, 3.05) is 13.7 Å². The summed E-state index contributed by atoms with van der Waals surface area (Å²) in [5.74, 6) is 1.60. The Morgan fingerprint density at radius 3 is 2.40 bits per heavy atom. The van der Waals surface area contributed by atoms with Gasteiger partial charge in [0.15, 0.2) is 5.75 Å². The minimum atomic E-state index is 0.710. The molecule has 0 radical (unpaired) electrons. The fourth-order valence-corrected chi connectivity index (χ4v) is 1.36. The van der Waals surface area contributed by atoms with Crippen molar-refractivity contribution >= 4 is 0 Å². The minimum absolute atomic E-state index is 0.710. The Morgan fingerprint density at radius 1 is 1.13 bits per heavy atom. The van der Waals surface area contributed by atoms with E-state index in [0.717, 1.165) is 31.6 Å². The maximum Gasteiger partial charge on any atom is 0.155 e. The lowest BCUT2D eigenvalue weighted by Gasteiger charge is -2.01. The van der Waals surface area contributed by atoms with E-state index in [1.165, 1.54) is 12.8 Å². The van der Waals surface area contributed by atoms with Crippen LogP contribution in [0.25, 0.3) is 0 Å². The van der Waals surface area contributed by atoms with Gasteiger partial charge in [-0.2, -0.15) is 0 Å². The number of hydrogen-bond acceptors (Lipinski definition) is 4. The number of aromatic nitrogens is 2. The zero-order chi connectivity index (χ0) is 10.9. The highest BCUT2D eigenvalue weighted by atomic mass is 16.5. The van der Waals surface area contributed by atoms with Crippen LogP contribution in [0.4, 0.5) is 0 Å². The molecule has 0 saturated carbocycles. The Morgan fingerprint density at radius 2 is 1.80 bits per heavy atom. The van der Waals surface area contributed by atoms with Gasteiger partial charge in [0, 0.05) is 6.42 Å². The van der Waals surface area contributed by atoms with Gasteiger partial charge in [-0.15, -0.1) is 0 Å². The Bertz CT molecular complexity index is 261. The van der Waals surface area contributed by atoms with Gasteiger partial charge in [-0.25, -0.2) is 9.97 Å². The molecule has 1 heterocycles. The summed E-state index contributed by atoms with van der Waals surface area (Å²) in [5.41, 5.74) is 5.42. The number of rotatable bonds is 7. The SMILES string of the molecule is COc1cnc(CCCCCCN)nc1. The van der Waals surface area contributed by atoms with Crippen molar-refractivity contribution in [2.45, 2.75) is 32.1 Å². The topological polar surface area (TPSA) is 61.0 Å². The molecule has 15 heavy (non-hydrogen) atoms. The average Bonchev–Trinajstić information content (AvgIpc) is 2.30. The van der Waals surface area contributed by atoms with Crippen LogP contribution in [-0.4, -0.2) is 23.6 Å². The molecule has 0 aromatic carbocycles. The number of nitrogens with two attached hydrogens (primary N) is 1. The van der Waals surface area contributed by atoms with Crippen molar-refractivity contribution in [1.82, 2.24) is 9.97 Å². The quantitative estimate of drug-likeness (QED) is 0.692. The molecule has 1 rings (SSSR count). The highest BCUT2D eigenvalue weighted by Crippen LogP contribution is 2.07. The summed E-state index contributed by atoms with van der Waals surface area (Å²) in [6.07, 6.45) is 9.01. The molecule has 0 fully saturated rings. The van der Waals surface area contributed by atoms with Crippen molar-refractivity contribution in [2.24, 2.45) is 5.73 Å². The second-order valence-corrected chi connectivity index (χ2v) is 3.49. The van der Waals surface area contributed by atoms with Crippen LogP contribution < -0.4 is 10.5 Å². The predicted octanol–water partition coefficient (Wildman–Crippen LogP) is 1.55. The van der Waals surface area contributed by atoms with Gasteiger partial charge in [0.2, 0.25) is 0 Å². The molecule has 4 nitrogen and oxygen atoms in total. The summed E-state index contributed by atoms with van der Waals surface area (Å²) in [6, 6.07) is 0. The third-order valence-corrected chi connectivity index (χ3v) is 2.27. The zero-order valence-corrected chi connectivity index (χ0v) is 9.28. The molecule has 1 aromatic rings. The minimum Gasteiger partial charge on any atom is -0.494 e. The molecule has 0 saturated heterocycles. The molecular weight excluding hydrogens is 190 g/mol. The Kier molecular flexibility index (Phi) is 5.70. The van der Waals surface area contributed by atoms with E-state index < -0.39 is 0 Å². The molecule has 0 atom stereocenters. The summed E-state index contributed by atoms with van der Waals surface area (Å²) in [6.45, 7) is 0.791. The normalized spacial score (nSPS) is 10.3. The Labute approximate surface area is 90.9 Å². The lowest BCUT2D eigenvalue weighted by atomic mass is 10.1. The maximum atomic E-state index is 5.42. The van der Waals surface area contributed by atoms with E-state index in [0.29, 0.717) is 5.75 Å². The maximum absolute atomic E-state index is 5.42. The first-order valence-corrected chi connectivity index (χ1v) is 5.42. The van der Waals surface area contributed by atoms with Crippen LogP contribution in [0.1, 0.15) is 31.5 Å². The van der Waals surface area contributed by atoms with E-state index >= 15 is 0 Å². The molecule has 4 heteroatoms. The summed E-state index contributed by atoms with van der Waals surface area (Å²) in [7, 11) is 1.62. The zero-order valence-electron chi connectivity index (χ0n) is 9.28. The van der Waals surface area contributed by atoms with Gasteiger partial charge in [0.05, 0.1) is 19.5 Å². The van der Waals surface area contributed by atoms with Crippen molar-refractivity contribution in [3.63, 3.8) is 0 Å². The number of aryl methyl sites for hydroxylation is 1. The third-order valence-electron chi connectivity index (χ3n) is 2.27. The van der Waals surface area contributed by atoms with Gasteiger partial charge >= 0.3 is 0 Å². The lowest BCUT2D eigenvalue weighted by molar-refractivity contribution is 0.409. The monoisotopic (exact) mass is 209 g/mol. The van der Waals surface area contributed by atoms with Gasteiger partial charge in [-0.05, 0) is 19.4 Å². The number of methoxy groups -OCH3 is 1. The van der Waals surface area contributed by atoms with Gasteiger partial charge in [0.1, 0.15) is 5.82 Å². The van der Waals surface area contributed by atoms with Gasteiger partial charge < -0.3 is 10.5 Å². The second kappa shape index (κ2) is 7.17. The fraction of sp³-hybridized carbons (Fsp3) is 0.636. The molecule has 0 aliphatic carbocycles. The van der Waals surface area contributed by atoms with Crippen LogP contribution in [-0.2, 0) is 6.42 Å². The summed E-state index contributed by atoms with van der Waals surface area (Å²) >= 11 is 0. The standard InChI is InChI=1S/C11H19N3O/c1-15-10-8-13-11(14-9-10)6-4-2-3-5-7-12/h8-9H,2-7,12H2,1H3. The fourth-order valence-electron chi connectivity index (χ4n) is 1.36. The van der Waals surface area contributed by atoms with Crippen molar-refractivity contribution in [1.29, 1.82) is 0 Å². The summed E-state index contributed by atoms with van der Waals surface area (Å²) in [4.78, 5) is 8.41. The van der Waals surface area contributed by atoms with E-state index in [1.54, 1.807) is 19.5 Å². The predicted molar refractivity (Wildman–Crippen MR) is 59.8 cm³/mol. The van der Waals surface area contributed by atoms with Gasteiger partial charge in [-0.1, -0.05) is 12.8 Å². The van der Waals surface area contributed by atoms with Crippen LogP contribution >= 0.6 is 0 Å². The smallest absolute Gasteiger partial charge is 0.155 e. The molecule has 0 aliphatic heterocycles. The molecule has 2 N–H and O–H groups in total. The highest BCUT2D eigenvalue weighted by Gasteiger charge is 1.97. The first-order valence-electron chi connectivity index (χ1n) is 5.42. The van der Waals surface area contributed by atoms with Crippen LogP contribution in [0.2, 0.25) is 0 Å². The molecule has 84 valence electrons. The molecule has 0 aliphatic rings. The van der Waals surface area contributed by atoms with Crippen LogP contribution in [0.15, 0.2) is 12.4 Å². The van der Waals surface area contributed by atoms with Crippen molar-refractivity contribution in [3.8, 4) is 5.75 Å². The molecule has 0 amide bonds. The first kappa shape index (κ1) is 11.9. The molecule has 0 unspecified atom stereocenters. The molecule has 0 bridgehead atoms. The third kappa shape index (κ3) is 4.74. The number of nitrogens with zero attached hydrogens (tertiary/aromatic N) is 2. The van der Waals surface area contributed by atoms with E-state index in [2.05, 4.69) is 9.97 Å². The lowest BCUT2D eigenvalue weighted by Crippen LogP contribution is -1.99. The number of hydrogen-bond donors (Lipinski definition) is 1. The highest BCUT2D eigenvalue weighted by molar-refractivity contribution is 5.11. The van der Waals surface area contributed by atoms with Crippen LogP contribution in [0, 0.1) is 0 Å². The number of ether oxygens (including phenoxy) is 1. The Balaban J connectivity index is 2.20. The molecule has 1 aromatic heterocycles. The van der Waals surface area contributed by atoms with Crippen LogP contribution in [0.3, 0.4) is 0 Å². The van der Waals surface area contributed by atoms with Crippen molar-refractivity contribution < 1.29 is 4.74 Å². The van der Waals surface area contributed by atoms with Crippen molar-refractivity contribution in [3.05, 3.63) is 18.2 Å². The molecular formula is C11H19N3O. The van der Waals surface area contributed by atoms with E-state index in [1.807, 2.05) is 0 Å². The largest absolute Gasteiger partial charge is 0.494 e. The van der Waals surface area contributed by atoms with Crippen LogP contribution in [0.5, 0.6) is 5.75 Å². The van der Waals surface area contributed by atoms with Gasteiger partial charge in [0.25, 0.3) is 0 Å². The van der Waals surface area contributed by atoms with Gasteiger partial charge in [-0.3, -0.25) is 0 Å². The first-order chi connectivity index (χ1) is 7.36. The van der Waals surface area contributed by atoms with E-state index in [4.69, 9.17) is 10.5 Å². The summed E-state index contributed by atoms with van der Waals surface area (Å²) in [5, 5.41) is 0. The van der Waals surface area contributed by atoms with E-state index in [-0.39, 0.29) is 0 Å². The average molecular weight is 209 g/mol. The Hall–Kier alpha value is -1.16. The second-order valence-electron chi connectivity index (χ2n) is 3.49. The van der Waals surface area contributed by atoms with E-state index in [9.17, 15) is 0 Å². The number of unbranched alkanes of at least 4 members (excludes halogenated alkanes) is 3. The molecule has 0 spiro atoms. The summed E-state index contributed by atoms with van der Waals surface area (Å²) < 4.78 is 4.99.